The molecule has 0 saturated heterocycles. The first-order valence-corrected chi connectivity index (χ1v) is 5.38. The van der Waals surface area contributed by atoms with Crippen LogP contribution in [0.2, 0.25) is 0 Å². The Morgan fingerprint density at radius 2 is 1.95 bits per heavy atom. The van der Waals surface area contributed by atoms with Crippen LogP contribution in [0, 0.1) is 11.6 Å². The van der Waals surface area contributed by atoms with Crippen molar-refractivity contribution in [3.63, 3.8) is 0 Å². The molecule has 0 aliphatic heterocycles. The number of hydrogen-bond donors (Lipinski definition) is 2. The average Bonchev–Trinajstić information content (AvgIpc) is 2.32. The van der Waals surface area contributed by atoms with Crippen LogP contribution in [-0.4, -0.2) is 31.8 Å². The van der Waals surface area contributed by atoms with E-state index in [1.54, 1.807) is 0 Å². The molecule has 0 aromatic heterocycles. The van der Waals surface area contributed by atoms with Gasteiger partial charge in [-0.1, -0.05) is 0 Å². The van der Waals surface area contributed by atoms with E-state index in [4.69, 9.17) is 5.73 Å². The lowest BCUT2D eigenvalue weighted by atomic mass is 10.1. The lowest BCUT2D eigenvalue weighted by molar-refractivity contribution is -0.173. The van der Waals surface area contributed by atoms with Crippen molar-refractivity contribution >= 4 is 11.6 Å². The topological polar surface area (TPSA) is 64.4 Å². The van der Waals surface area contributed by atoms with Crippen molar-refractivity contribution in [2.45, 2.75) is 6.18 Å². The number of amides is 1. The van der Waals surface area contributed by atoms with Gasteiger partial charge in [0.05, 0.1) is 12.3 Å². The highest BCUT2D eigenvalue weighted by atomic mass is 19.4. The normalized spacial score (nSPS) is 11.4. The van der Waals surface area contributed by atoms with Gasteiger partial charge in [-0.25, -0.2) is 8.78 Å². The molecule has 0 aliphatic carbocycles. The van der Waals surface area contributed by atoms with Crippen LogP contribution in [0.25, 0.3) is 0 Å². The zero-order valence-electron chi connectivity index (χ0n) is 10.1. The van der Waals surface area contributed by atoms with Gasteiger partial charge < -0.3 is 15.8 Å². The lowest BCUT2D eigenvalue weighted by Gasteiger charge is -2.10. The number of hydrogen-bond acceptors (Lipinski definition) is 3. The molecule has 112 valence electrons. The van der Waals surface area contributed by atoms with E-state index in [0.717, 1.165) is 12.1 Å². The summed E-state index contributed by atoms with van der Waals surface area (Å²) in [5.41, 5.74) is 3.88. The van der Waals surface area contributed by atoms with Gasteiger partial charge in [0.25, 0.3) is 5.91 Å². The van der Waals surface area contributed by atoms with Crippen LogP contribution < -0.4 is 11.1 Å². The molecule has 1 rings (SSSR count). The maximum absolute atomic E-state index is 13.4. The van der Waals surface area contributed by atoms with Crippen LogP contribution in [-0.2, 0) is 4.74 Å². The Morgan fingerprint density at radius 1 is 1.30 bits per heavy atom. The molecule has 0 fully saturated rings. The Kier molecular flexibility index (Phi) is 5.26. The lowest BCUT2D eigenvalue weighted by Crippen LogP contribution is -2.30. The van der Waals surface area contributed by atoms with E-state index in [1.165, 1.54) is 0 Å². The summed E-state index contributed by atoms with van der Waals surface area (Å²) in [4.78, 5) is 11.5. The van der Waals surface area contributed by atoms with Crippen LogP contribution in [0.1, 0.15) is 10.4 Å². The van der Waals surface area contributed by atoms with Gasteiger partial charge in [0.1, 0.15) is 18.0 Å². The number of nitrogen functional groups attached to an aromatic ring is 1. The smallest absolute Gasteiger partial charge is 0.396 e. The summed E-state index contributed by atoms with van der Waals surface area (Å²) < 4.78 is 66.1. The number of benzene rings is 1. The van der Waals surface area contributed by atoms with Gasteiger partial charge in [-0.2, -0.15) is 13.2 Å². The molecule has 3 N–H and O–H groups in total. The van der Waals surface area contributed by atoms with Crippen molar-refractivity contribution in [1.29, 1.82) is 0 Å². The van der Waals surface area contributed by atoms with Crippen LogP contribution in [0.5, 0.6) is 0 Å². The van der Waals surface area contributed by atoms with Crippen LogP contribution in [0.15, 0.2) is 12.1 Å². The van der Waals surface area contributed by atoms with Crippen LogP contribution in [0.3, 0.4) is 0 Å². The molecule has 20 heavy (non-hydrogen) atoms. The SMILES string of the molecule is Nc1ccc(F)c(C(=O)NCCOCC(F)(F)F)c1F. The van der Waals surface area contributed by atoms with Crippen molar-refractivity contribution in [2.75, 3.05) is 25.5 Å². The average molecular weight is 298 g/mol. The Labute approximate surface area is 110 Å². The number of carbonyl (C=O) groups excluding carboxylic acids is 1. The van der Waals surface area contributed by atoms with Crippen molar-refractivity contribution in [3.05, 3.63) is 29.3 Å². The molecule has 0 radical (unpaired) electrons. The number of anilines is 1. The number of rotatable bonds is 5. The van der Waals surface area contributed by atoms with Gasteiger partial charge in [-0.3, -0.25) is 4.79 Å². The second kappa shape index (κ2) is 6.51. The van der Waals surface area contributed by atoms with Crippen LogP contribution >= 0.6 is 0 Å². The van der Waals surface area contributed by atoms with Gasteiger partial charge in [0, 0.05) is 6.54 Å². The minimum Gasteiger partial charge on any atom is -0.396 e. The number of ether oxygens (including phenoxy) is 1. The third-order valence-electron chi connectivity index (χ3n) is 2.15. The number of halogens is 5. The van der Waals surface area contributed by atoms with Gasteiger partial charge >= 0.3 is 6.18 Å². The minimum absolute atomic E-state index is 0.331. The maximum Gasteiger partial charge on any atom is 0.411 e. The molecule has 1 aromatic rings. The zero-order valence-corrected chi connectivity index (χ0v) is 10.1. The summed E-state index contributed by atoms with van der Waals surface area (Å²) in [6, 6.07) is 1.77. The van der Waals surface area contributed by atoms with E-state index in [1.807, 2.05) is 5.32 Å². The Morgan fingerprint density at radius 3 is 2.55 bits per heavy atom. The Hall–Kier alpha value is -1.90. The summed E-state index contributed by atoms with van der Waals surface area (Å²) in [5.74, 6) is -3.47. The molecule has 4 nitrogen and oxygen atoms in total. The predicted octanol–water partition coefficient (Wildman–Crippen LogP) is 1.86. The molecule has 0 saturated carbocycles. The fourth-order valence-electron chi connectivity index (χ4n) is 1.29. The first kappa shape index (κ1) is 16.2. The third-order valence-corrected chi connectivity index (χ3v) is 2.15. The van der Waals surface area contributed by atoms with E-state index in [0.29, 0.717) is 0 Å². The molecule has 9 heteroatoms. The second-order valence-corrected chi connectivity index (χ2v) is 3.75. The molecule has 1 aromatic carbocycles. The van der Waals surface area contributed by atoms with Gasteiger partial charge in [0.2, 0.25) is 0 Å². The van der Waals surface area contributed by atoms with Gasteiger partial charge in [-0.15, -0.1) is 0 Å². The van der Waals surface area contributed by atoms with Gasteiger partial charge in [-0.05, 0) is 12.1 Å². The highest BCUT2D eigenvalue weighted by Crippen LogP contribution is 2.18. The number of carbonyl (C=O) groups is 1. The minimum atomic E-state index is -4.48. The van der Waals surface area contributed by atoms with E-state index in [9.17, 15) is 26.7 Å². The fraction of sp³-hybridized carbons (Fsp3) is 0.364. The zero-order chi connectivity index (χ0) is 15.3. The maximum atomic E-state index is 13.4. The van der Waals surface area contributed by atoms with E-state index in [-0.39, 0.29) is 6.54 Å². The largest absolute Gasteiger partial charge is 0.411 e. The number of nitrogens with one attached hydrogen (secondary N) is 1. The van der Waals surface area contributed by atoms with Crippen LogP contribution in [0.4, 0.5) is 27.6 Å². The molecular formula is C11H11F5N2O2. The quantitative estimate of drug-likeness (QED) is 0.495. The van der Waals surface area contributed by atoms with Crippen molar-refractivity contribution in [1.82, 2.24) is 5.32 Å². The van der Waals surface area contributed by atoms with Crippen molar-refractivity contribution in [2.24, 2.45) is 0 Å². The summed E-state index contributed by atoms with van der Waals surface area (Å²) >= 11 is 0. The van der Waals surface area contributed by atoms with Crippen molar-refractivity contribution in [3.8, 4) is 0 Å². The number of alkyl halides is 3. The number of nitrogens with two attached hydrogens (primary N) is 1. The summed E-state index contributed by atoms with van der Waals surface area (Å²) in [6.45, 7) is -2.25. The molecule has 0 atom stereocenters. The van der Waals surface area contributed by atoms with E-state index < -0.39 is 48.2 Å². The predicted molar refractivity (Wildman–Crippen MR) is 60.0 cm³/mol. The summed E-state index contributed by atoms with van der Waals surface area (Å²) in [7, 11) is 0. The molecule has 0 aliphatic rings. The standard InChI is InChI=1S/C11H11F5N2O2/c12-6-1-2-7(17)9(13)8(6)10(19)18-3-4-20-5-11(14,15)16/h1-2H,3-5,17H2,(H,18,19). The van der Waals surface area contributed by atoms with E-state index in [2.05, 4.69) is 4.74 Å². The molecule has 1 amide bonds. The monoisotopic (exact) mass is 298 g/mol. The molecule has 0 heterocycles. The van der Waals surface area contributed by atoms with Crippen molar-refractivity contribution < 1.29 is 31.5 Å². The highest BCUT2D eigenvalue weighted by molar-refractivity contribution is 5.95. The Balaban J connectivity index is 2.50. The first-order chi connectivity index (χ1) is 9.22. The van der Waals surface area contributed by atoms with E-state index >= 15 is 0 Å². The highest BCUT2D eigenvalue weighted by Gasteiger charge is 2.27. The second-order valence-electron chi connectivity index (χ2n) is 3.75. The fourth-order valence-corrected chi connectivity index (χ4v) is 1.29. The molecule has 0 bridgehead atoms. The first-order valence-electron chi connectivity index (χ1n) is 5.38. The molecular weight excluding hydrogens is 287 g/mol. The Bertz CT molecular complexity index is 490. The molecule has 0 unspecified atom stereocenters. The molecule has 0 spiro atoms. The van der Waals surface area contributed by atoms with Gasteiger partial charge in [0.15, 0.2) is 5.82 Å². The third kappa shape index (κ3) is 4.65. The summed E-state index contributed by atoms with van der Waals surface area (Å²) in [5, 5.41) is 2.03. The summed E-state index contributed by atoms with van der Waals surface area (Å²) in [6.07, 6.45) is -4.48.